The van der Waals surface area contributed by atoms with E-state index in [2.05, 4.69) is 43.0 Å². The SMILES string of the molecule is CC(SCc1ccccc1)C(=O)N1C(C)CCCC1C. The van der Waals surface area contributed by atoms with Gasteiger partial charge >= 0.3 is 0 Å². The number of hydrogen-bond donors (Lipinski definition) is 0. The van der Waals surface area contributed by atoms with Crippen LogP contribution in [0.25, 0.3) is 0 Å². The Morgan fingerprint density at radius 1 is 1.25 bits per heavy atom. The van der Waals surface area contributed by atoms with Crippen molar-refractivity contribution in [2.45, 2.75) is 63.1 Å². The highest BCUT2D eigenvalue weighted by Crippen LogP contribution is 2.27. The molecule has 20 heavy (non-hydrogen) atoms. The van der Waals surface area contributed by atoms with E-state index in [4.69, 9.17) is 0 Å². The van der Waals surface area contributed by atoms with Gasteiger partial charge in [0, 0.05) is 17.8 Å². The number of amides is 1. The van der Waals surface area contributed by atoms with Crippen molar-refractivity contribution in [1.82, 2.24) is 4.90 Å². The minimum atomic E-state index is 0.0400. The molecule has 2 rings (SSSR count). The Kier molecular flexibility index (Phi) is 5.53. The van der Waals surface area contributed by atoms with Gasteiger partial charge in [-0.2, -0.15) is 0 Å². The summed E-state index contributed by atoms with van der Waals surface area (Å²) >= 11 is 1.74. The number of hydrogen-bond acceptors (Lipinski definition) is 2. The number of thioether (sulfide) groups is 1. The summed E-state index contributed by atoms with van der Waals surface area (Å²) in [4.78, 5) is 14.8. The zero-order valence-electron chi connectivity index (χ0n) is 12.7. The minimum absolute atomic E-state index is 0.0400. The lowest BCUT2D eigenvalue weighted by atomic mass is 9.97. The van der Waals surface area contributed by atoms with Crippen LogP contribution in [0, 0.1) is 0 Å². The van der Waals surface area contributed by atoms with Gasteiger partial charge in [0.25, 0.3) is 0 Å². The Morgan fingerprint density at radius 3 is 2.45 bits per heavy atom. The van der Waals surface area contributed by atoms with E-state index in [9.17, 15) is 4.79 Å². The van der Waals surface area contributed by atoms with Gasteiger partial charge < -0.3 is 4.90 Å². The zero-order valence-corrected chi connectivity index (χ0v) is 13.5. The average molecular weight is 291 g/mol. The van der Waals surface area contributed by atoms with E-state index in [1.807, 2.05) is 13.0 Å². The van der Waals surface area contributed by atoms with Gasteiger partial charge in [-0.05, 0) is 45.6 Å². The van der Waals surface area contributed by atoms with E-state index in [0.717, 1.165) is 18.6 Å². The molecule has 110 valence electrons. The number of nitrogens with zero attached hydrogens (tertiary/aromatic N) is 1. The molecule has 3 unspecified atom stereocenters. The third kappa shape index (κ3) is 3.78. The second-order valence-electron chi connectivity index (χ2n) is 5.81. The smallest absolute Gasteiger partial charge is 0.235 e. The lowest BCUT2D eigenvalue weighted by Gasteiger charge is -2.40. The molecule has 0 spiro atoms. The number of likely N-dealkylation sites (tertiary alicyclic amines) is 1. The zero-order chi connectivity index (χ0) is 14.5. The predicted octanol–water partition coefficient (Wildman–Crippen LogP) is 4.10. The van der Waals surface area contributed by atoms with Crippen LogP contribution in [0.4, 0.5) is 0 Å². The molecule has 1 heterocycles. The Hall–Kier alpha value is -0.960. The summed E-state index contributed by atoms with van der Waals surface area (Å²) in [5, 5.41) is 0.0400. The van der Waals surface area contributed by atoms with E-state index in [1.165, 1.54) is 12.0 Å². The first-order valence-corrected chi connectivity index (χ1v) is 8.62. The molecular formula is C17H25NOS. The van der Waals surface area contributed by atoms with Crippen molar-refractivity contribution < 1.29 is 4.79 Å². The van der Waals surface area contributed by atoms with Gasteiger partial charge in [-0.1, -0.05) is 30.3 Å². The fourth-order valence-corrected chi connectivity index (χ4v) is 3.83. The molecular weight excluding hydrogens is 266 g/mol. The number of rotatable bonds is 4. The van der Waals surface area contributed by atoms with Crippen LogP contribution in [-0.4, -0.2) is 28.1 Å². The van der Waals surface area contributed by atoms with Crippen molar-refractivity contribution in [3.63, 3.8) is 0 Å². The molecule has 0 bridgehead atoms. The Bertz CT molecular complexity index is 424. The molecule has 0 N–H and O–H groups in total. The monoisotopic (exact) mass is 291 g/mol. The molecule has 1 aromatic carbocycles. The Balaban J connectivity index is 1.91. The van der Waals surface area contributed by atoms with E-state index in [-0.39, 0.29) is 5.25 Å². The lowest BCUT2D eigenvalue weighted by molar-refractivity contribution is -0.136. The molecule has 3 atom stereocenters. The summed E-state index contributed by atoms with van der Waals surface area (Å²) in [6.45, 7) is 6.41. The minimum Gasteiger partial charge on any atom is -0.336 e. The van der Waals surface area contributed by atoms with E-state index < -0.39 is 0 Å². The van der Waals surface area contributed by atoms with E-state index in [1.54, 1.807) is 11.8 Å². The maximum absolute atomic E-state index is 12.6. The first-order valence-electron chi connectivity index (χ1n) is 7.57. The van der Waals surface area contributed by atoms with Crippen LogP contribution < -0.4 is 0 Å². The van der Waals surface area contributed by atoms with Crippen LogP contribution in [0.1, 0.15) is 45.6 Å². The summed E-state index contributed by atoms with van der Waals surface area (Å²) in [5.74, 6) is 1.22. The lowest BCUT2D eigenvalue weighted by Crippen LogP contribution is -2.50. The molecule has 1 aliphatic heterocycles. The predicted molar refractivity (Wildman–Crippen MR) is 86.8 cm³/mol. The molecule has 1 saturated heterocycles. The quantitative estimate of drug-likeness (QED) is 0.832. The summed E-state index contributed by atoms with van der Waals surface area (Å²) in [5.41, 5.74) is 1.29. The topological polar surface area (TPSA) is 20.3 Å². The van der Waals surface area contributed by atoms with Crippen molar-refractivity contribution in [2.24, 2.45) is 0 Å². The first-order chi connectivity index (χ1) is 9.59. The largest absolute Gasteiger partial charge is 0.336 e. The third-order valence-corrected chi connectivity index (χ3v) is 5.34. The van der Waals surface area contributed by atoms with Gasteiger partial charge in [-0.15, -0.1) is 11.8 Å². The van der Waals surface area contributed by atoms with E-state index >= 15 is 0 Å². The van der Waals surface area contributed by atoms with Crippen LogP contribution in [-0.2, 0) is 10.5 Å². The molecule has 0 aliphatic carbocycles. The molecule has 0 saturated carbocycles. The second kappa shape index (κ2) is 7.16. The maximum atomic E-state index is 12.6. The van der Waals surface area contributed by atoms with Crippen LogP contribution in [0.3, 0.4) is 0 Å². The molecule has 1 amide bonds. The number of carbonyl (C=O) groups excluding carboxylic acids is 1. The third-order valence-electron chi connectivity index (χ3n) is 4.14. The Morgan fingerprint density at radius 2 is 1.85 bits per heavy atom. The van der Waals surface area contributed by atoms with Crippen molar-refractivity contribution in [3.05, 3.63) is 35.9 Å². The van der Waals surface area contributed by atoms with Crippen LogP contribution in [0.2, 0.25) is 0 Å². The van der Waals surface area contributed by atoms with Gasteiger partial charge in [0.1, 0.15) is 0 Å². The van der Waals surface area contributed by atoms with Crippen molar-refractivity contribution in [2.75, 3.05) is 0 Å². The molecule has 0 aromatic heterocycles. The normalized spacial score (nSPS) is 24.4. The Labute approximate surface area is 126 Å². The first kappa shape index (κ1) is 15.4. The summed E-state index contributed by atoms with van der Waals surface area (Å²) < 4.78 is 0. The maximum Gasteiger partial charge on any atom is 0.235 e. The van der Waals surface area contributed by atoms with Gasteiger partial charge in [0.05, 0.1) is 5.25 Å². The van der Waals surface area contributed by atoms with E-state index in [0.29, 0.717) is 18.0 Å². The fourth-order valence-electron chi connectivity index (χ4n) is 2.93. The number of benzene rings is 1. The molecule has 0 radical (unpaired) electrons. The van der Waals surface area contributed by atoms with Gasteiger partial charge in [-0.25, -0.2) is 0 Å². The van der Waals surface area contributed by atoms with Crippen LogP contribution >= 0.6 is 11.8 Å². The van der Waals surface area contributed by atoms with Gasteiger partial charge in [0.15, 0.2) is 0 Å². The standard InChI is InChI=1S/C17H25NOS/c1-13-8-7-9-14(2)18(13)17(19)15(3)20-12-16-10-5-4-6-11-16/h4-6,10-11,13-15H,7-9,12H2,1-3H3. The number of piperidine rings is 1. The van der Waals surface area contributed by atoms with Crippen molar-refractivity contribution in [1.29, 1.82) is 0 Å². The molecule has 1 fully saturated rings. The molecule has 2 nitrogen and oxygen atoms in total. The summed E-state index contributed by atoms with van der Waals surface area (Å²) in [7, 11) is 0. The molecule has 3 heteroatoms. The highest BCUT2D eigenvalue weighted by atomic mass is 32.2. The summed E-state index contributed by atoms with van der Waals surface area (Å²) in [6, 6.07) is 11.2. The fraction of sp³-hybridized carbons (Fsp3) is 0.588. The van der Waals surface area contributed by atoms with Crippen molar-refractivity contribution in [3.8, 4) is 0 Å². The van der Waals surface area contributed by atoms with Crippen LogP contribution in [0.15, 0.2) is 30.3 Å². The second-order valence-corrected chi connectivity index (χ2v) is 7.14. The van der Waals surface area contributed by atoms with Crippen LogP contribution in [0.5, 0.6) is 0 Å². The average Bonchev–Trinajstić information content (AvgIpc) is 2.45. The van der Waals surface area contributed by atoms with Gasteiger partial charge in [-0.3, -0.25) is 4.79 Å². The highest BCUT2D eigenvalue weighted by molar-refractivity contribution is 7.99. The molecule has 1 aromatic rings. The van der Waals surface area contributed by atoms with Crippen molar-refractivity contribution >= 4 is 17.7 Å². The molecule has 1 aliphatic rings. The summed E-state index contributed by atoms with van der Waals surface area (Å²) in [6.07, 6.45) is 3.54. The number of carbonyl (C=O) groups is 1. The van der Waals surface area contributed by atoms with Gasteiger partial charge in [0.2, 0.25) is 5.91 Å². The highest BCUT2D eigenvalue weighted by Gasteiger charge is 2.31.